The van der Waals surface area contributed by atoms with Gasteiger partial charge in [0.15, 0.2) is 5.65 Å². The molecule has 0 bridgehead atoms. The predicted octanol–water partition coefficient (Wildman–Crippen LogP) is 4.02. The van der Waals surface area contributed by atoms with Gasteiger partial charge in [0, 0.05) is 17.8 Å². The molecule has 130 valence electrons. The lowest BCUT2D eigenvalue weighted by molar-refractivity contribution is 0.0923. The number of carbonyl (C=O) groups is 1. The molecule has 5 nitrogen and oxygen atoms in total. The first-order valence-corrected chi connectivity index (χ1v) is 9.15. The molecule has 1 amide bonds. The molecule has 1 aliphatic rings. The zero-order valence-corrected chi connectivity index (χ0v) is 15.2. The van der Waals surface area contributed by atoms with E-state index in [1.807, 2.05) is 17.7 Å². The Bertz CT molecular complexity index is 726. The minimum atomic E-state index is 0.00811. The molecule has 1 N–H and O–H groups in total. The summed E-state index contributed by atoms with van der Waals surface area (Å²) in [5.41, 5.74) is 2.34. The van der Waals surface area contributed by atoms with Crippen LogP contribution in [0, 0.1) is 12.8 Å². The molecule has 2 heterocycles. The molecule has 0 atom stereocenters. The van der Waals surface area contributed by atoms with Crippen molar-refractivity contribution in [2.75, 3.05) is 0 Å². The second kappa shape index (κ2) is 6.91. The molecule has 2 aromatic rings. The van der Waals surface area contributed by atoms with Crippen LogP contribution in [0.25, 0.3) is 11.0 Å². The number of aromatic nitrogens is 3. The maximum Gasteiger partial charge on any atom is 0.252 e. The van der Waals surface area contributed by atoms with E-state index in [9.17, 15) is 4.79 Å². The van der Waals surface area contributed by atoms with E-state index in [0.29, 0.717) is 11.6 Å². The summed E-state index contributed by atoms with van der Waals surface area (Å²) in [5.74, 6) is 0.839. The molecule has 24 heavy (non-hydrogen) atoms. The van der Waals surface area contributed by atoms with Gasteiger partial charge in [0.05, 0.1) is 17.1 Å². The third-order valence-electron chi connectivity index (χ3n) is 5.19. The van der Waals surface area contributed by atoms with Crippen molar-refractivity contribution in [1.29, 1.82) is 0 Å². The second-order valence-corrected chi connectivity index (χ2v) is 7.33. The first-order chi connectivity index (χ1) is 11.5. The Hall–Kier alpha value is -1.91. The molecular formula is C19H28N4O. The summed E-state index contributed by atoms with van der Waals surface area (Å²) < 4.78 is 1.88. The van der Waals surface area contributed by atoms with Crippen molar-refractivity contribution in [2.24, 2.45) is 5.92 Å². The lowest BCUT2D eigenvalue weighted by Gasteiger charge is -2.28. The number of nitrogens with one attached hydrogen (secondary N) is 1. The zero-order valence-electron chi connectivity index (χ0n) is 15.2. The van der Waals surface area contributed by atoms with Crippen molar-refractivity contribution < 1.29 is 4.79 Å². The number of carbonyl (C=O) groups excluding carboxylic acids is 1. The molecule has 2 aromatic heterocycles. The Labute approximate surface area is 143 Å². The first-order valence-electron chi connectivity index (χ1n) is 9.15. The lowest BCUT2D eigenvalue weighted by atomic mass is 9.84. The highest BCUT2D eigenvalue weighted by Crippen LogP contribution is 2.27. The zero-order chi connectivity index (χ0) is 17.3. The van der Waals surface area contributed by atoms with Crippen molar-refractivity contribution in [2.45, 2.75) is 71.9 Å². The van der Waals surface area contributed by atoms with Gasteiger partial charge in [-0.2, -0.15) is 5.10 Å². The van der Waals surface area contributed by atoms with Crippen LogP contribution in [0.5, 0.6) is 0 Å². The highest BCUT2D eigenvalue weighted by atomic mass is 16.1. The number of pyridine rings is 1. The van der Waals surface area contributed by atoms with Crippen LogP contribution < -0.4 is 5.32 Å². The third-order valence-corrected chi connectivity index (χ3v) is 5.19. The van der Waals surface area contributed by atoms with Crippen molar-refractivity contribution in [3.63, 3.8) is 0 Å². The van der Waals surface area contributed by atoms with Crippen LogP contribution in [0.15, 0.2) is 12.3 Å². The number of aryl methyl sites for hydroxylation is 1. The van der Waals surface area contributed by atoms with Gasteiger partial charge >= 0.3 is 0 Å². The van der Waals surface area contributed by atoms with E-state index in [4.69, 9.17) is 0 Å². The van der Waals surface area contributed by atoms with Gasteiger partial charge in [0.1, 0.15) is 0 Å². The molecule has 0 aliphatic heterocycles. The molecule has 0 spiro atoms. The number of amides is 1. The van der Waals surface area contributed by atoms with E-state index in [-0.39, 0.29) is 11.9 Å². The van der Waals surface area contributed by atoms with Crippen molar-refractivity contribution in [3.8, 4) is 0 Å². The highest BCUT2D eigenvalue weighted by molar-refractivity contribution is 6.05. The summed E-state index contributed by atoms with van der Waals surface area (Å²) in [5, 5.41) is 8.50. The molecule has 0 aromatic carbocycles. The van der Waals surface area contributed by atoms with E-state index in [1.165, 1.54) is 19.3 Å². The van der Waals surface area contributed by atoms with Crippen LogP contribution in [0.4, 0.5) is 0 Å². The summed E-state index contributed by atoms with van der Waals surface area (Å²) in [6.07, 6.45) is 7.63. The third kappa shape index (κ3) is 3.30. The van der Waals surface area contributed by atoms with Crippen LogP contribution in [0.3, 0.4) is 0 Å². The number of rotatable bonds is 4. The Morgan fingerprint density at radius 3 is 2.67 bits per heavy atom. The smallest absolute Gasteiger partial charge is 0.252 e. The highest BCUT2D eigenvalue weighted by Gasteiger charge is 2.23. The Morgan fingerprint density at radius 2 is 2.04 bits per heavy atom. The summed E-state index contributed by atoms with van der Waals surface area (Å²) in [6.45, 7) is 8.33. The van der Waals surface area contributed by atoms with E-state index < -0.39 is 0 Å². The van der Waals surface area contributed by atoms with Crippen LogP contribution in [0.1, 0.15) is 75.0 Å². The van der Waals surface area contributed by atoms with Gasteiger partial charge in [-0.1, -0.05) is 13.3 Å². The fourth-order valence-corrected chi connectivity index (χ4v) is 3.69. The quantitative estimate of drug-likeness (QED) is 0.922. The number of hydrogen-bond acceptors (Lipinski definition) is 3. The maximum atomic E-state index is 12.8. The largest absolute Gasteiger partial charge is 0.349 e. The molecule has 1 saturated carbocycles. The van der Waals surface area contributed by atoms with E-state index in [1.54, 1.807) is 6.20 Å². The van der Waals surface area contributed by atoms with Crippen LogP contribution in [-0.2, 0) is 0 Å². The van der Waals surface area contributed by atoms with Crippen molar-refractivity contribution in [1.82, 2.24) is 20.1 Å². The molecule has 5 heteroatoms. The number of fused-ring (bicyclic) bond motifs is 1. The van der Waals surface area contributed by atoms with Gasteiger partial charge in [0.25, 0.3) is 5.91 Å². The van der Waals surface area contributed by atoms with E-state index in [0.717, 1.165) is 35.5 Å². The molecule has 0 unspecified atom stereocenters. The topological polar surface area (TPSA) is 59.8 Å². The Kier molecular flexibility index (Phi) is 4.88. The van der Waals surface area contributed by atoms with Crippen LogP contribution >= 0.6 is 0 Å². The summed E-state index contributed by atoms with van der Waals surface area (Å²) in [6, 6.07) is 2.39. The predicted molar refractivity (Wildman–Crippen MR) is 96.2 cm³/mol. The fourth-order valence-electron chi connectivity index (χ4n) is 3.69. The van der Waals surface area contributed by atoms with Crippen molar-refractivity contribution in [3.05, 3.63) is 23.5 Å². The monoisotopic (exact) mass is 328 g/mol. The first kappa shape index (κ1) is 16.9. The van der Waals surface area contributed by atoms with Crippen LogP contribution in [-0.4, -0.2) is 26.7 Å². The Balaban J connectivity index is 1.82. The van der Waals surface area contributed by atoms with Crippen molar-refractivity contribution >= 4 is 16.9 Å². The molecule has 0 saturated heterocycles. The Morgan fingerprint density at radius 1 is 1.33 bits per heavy atom. The second-order valence-electron chi connectivity index (χ2n) is 7.33. The summed E-state index contributed by atoms with van der Waals surface area (Å²) in [4.78, 5) is 17.4. The van der Waals surface area contributed by atoms with Gasteiger partial charge in [0.2, 0.25) is 0 Å². The van der Waals surface area contributed by atoms with Crippen LogP contribution in [0.2, 0.25) is 0 Å². The number of nitrogens with zero attached hydrogens (tertiary/aromatic N) is 3. The SMILES string of the molecule is CCC1CCC(NC(=O)c2cc(C)nc3c2cnn3C(C)C)CC1. The van der Waals surface area contributed by atoms with Gasteiger partial charge in [-0.3, -0.25) is 4.79 Å². The minimum Gasteiger partial charge on any atom is -0.349 e. The molecular weight excluding hydrogens is 300 g/mol. The molecule has 3 rings (SSSR count). The molecule has 1 fully saturated rings. The van der Waals surface area contributed by atoms with Gasteiger partial charge in [-0.25, -0.2) is 9.67 Å². The van der Waals surface area contributed by atoms with E-state index >= 15 is 0 Å². The normalized spacial score (nSPS) is 21.4. The fraction of sp³-hybridized carbons (Fsp3) is 0.632. The average molecular weight is 328 g/mol. The summed E-state index contributed by atoms with van der Waals surface area (Å²) >= 11 is 0. The standard InChI is InChI=1S/C19H28N4O/c1-5-14-6-8-15(9-7-14)22-19(24)16-10-13(4)21-18-17(16)11-20-23(18)12(2)3/h10-12,14-15H,5-9H2,1-4H3,(H,22,24). The summed E-state index contributed by atoms with van der Waals surface area (Å²) in [7, 11) is 0. The molecule has 1 aliphatic carbocycles. The van der Waals surface area contributed by atoms with Gasteiger partial charge < -0.3 is 5.32 Å². The van der Waals surface area contributed by atoms with E-state index in [2.05, 4.69) is 36.2 Å². The average Bonchev–Trinajstić information content (AvgIpc) is 2.98. The maximum absolute atomic E-state index is 12.8. The van der Waals surface area contributed by atoms with Gasteiger partial charge in [-0.15, -0.1) is 0 Å². The van der Waals surface area contributed by atoms with Gasteiger partial charge in [-0.05, 0) is 58.4 Å². The molecule has 0 radical (unpaired) electrons. The number of hydrogen-bond donors (Lipinski definition) is 1. The minimum absolute atomic E-state index is 0.00811. The lowest BCUT2D eigenvalue weighted by Crippen LogP contribution is -2.37.